The van der Waals surface area contributed by atoms with E-state index in [1.54, 1.807) is 4.90 Å². The van der Waals surface area contributed by atoms with E-state index in [2.05, 4.69) is 26.1 Å². The third kappa shape index (κ3) is 3.87. The maximum Gasteiger partial charge on any atom is 0.316 e. The number of hydrogen-bond acceptors (Lipinski definition) is 2. The van der Waals surface area contributed by atoms with Gasteiger partial charge in [0.1, 0.15) is 0 Å². The van der Waals surface area contributed by atoms with Gasteiger partial charge in [0, 0.05) is 17.8 Å². The minimum Gasteiger partial charge on any atom is -0.343 e. The molecule has 0 atom stereocenters. The lowest BCUT2D eigenvalue weighted by atomic mass is 9.82. The quantitative estimate of drug-likeness (QED) is 0.854. The minimum absolute atomic E-state index is 0.0834. The van der Waals surface area contributed by atoms with Crippen LogP contribution in [-0.2, 0) is 16.0 Å². The summed E-state index contributed by atoms with van der Waals surface area (Å²) in [6.45, 7) is 10.9. The van der Waals surface area contributed by atoms with Crippen LogP contribution in [0.5, 0.6) is 0 Å². The fraction of sp³-hybridized carbons (Fsp3) is 0.556. The predicted molar refractivity (Wildman–Crippen MR) is 88.8 cm³/mol. The number of amides is 2. The lowest BCUT2D eigenvalue weighted by molar-refractivity contribution is -0.138. The zero-order valence-electron chi connectivity index (χ0n) is 14.2. The monoisotopic (exact) mass is 302 g/mol. The molecule has 22 heavy (non-hydrogen) atoms. The van der Waals surface area contributed by atoms with Gasteiger partial charge in [0.05, 0.1) is 0 Å². The van der Waals surface area contributed by atoms with Crippen molar-refractivity contribution in [2.75, 3.05) is 11.4 Å². The number of rotatable bonds is 2. The molecule has 4 heteroatoms. The second-order valence-corrected chi connectivity index (χ2v) is 7.91. The number of nitrogens with one attached hydrogen (secondary N) is 1. The molecule has 0 bridgehead atoms. The Hall–Kier alpha value is -1.84. The SMILES string of the molecule is CC(C)(C)CC(C)(C)NC(=O)C(=O)N1CCc2ccccc21. The van der Waals surface area contributed by atoms with E-state index in [-0.39, 0.29) is 5.41 Å². The van der Waals surface area contributed by atoms with Crippen LogP contribution in [0.1, 0.15) is 46.6 Å². The van der Waals surface area contributed by atoms with Crippen LogP contribution in [0.15, 0.2) is 24.3 Å². The fourth-order valence-electron chi connectivity index (χ4n) is 3.40. The number of nitrogens with zero attached hydrogens (tertiary/aromatic N) is 1. The van der Waals surface area contributed by atoms with E-state index in [1.165, 1.54) is 0 Å². The smallest absolute Gasteiger partial charge is 0.316 e. The first-order valence-corrected chi connectivity index (χ1v) is 7.81. The summed E-state index contributed by atoms with van der Waals surface area (Å²) in [5, 5.41) is 2.89. The summed E-state index contributed by atoms with van der Waals surface area (Å²) in [5.74, 6) is -0.988. The third-order valence-electron chi connectivity index (χ3n) is 3.75. The maximum atomic E-state index is 12.5. The molecule has 0 saturated carbocycles. The number of anilines is 1. The molecule has 2 rings (SSSR count). The van der Waals surface area contributed by atoms with Gasteiger partial charge in [0.15, 0.2) is 0 Å². The average molecular weight is 302 g/mol. The summed E-state index contributed by atoms with van der Waals surface area (Å²) in [5.41, 5.74) is 1.65. The topological polar surface area (TPSA) is 49.4 Å². The number of carbonyl (C=O) groups excluding carboxylic acids is 2. The van der Waals surface area contributed by atoms with E-state index in [9.17, 15) is 9.59 Å². The van der Waals surface area contributed by atoms with E-state index < -0.39 is 17.4 Å². The van der Waals surface area contributed by atoms with Crippen LogP contribution in [0.25, 0.3) is 0 Å². The molecule has 0 unspecified atom stereocenters. The molecular formula is C18H26N2O2. The molecule has 0 saturated heterocycles. The Morgan fingerprint density at radius 3 is 2.41 bits per heavy atom. The van der Waals surface area contributed by atoms with Crippen molar-refractivity contribution in [3.63, 3.8) is 0 Å². The number of fused-ring (bicyclic) bond motifs is 1. The van der Waals surface area contributed by atoms with Crippen LogP contribution in [0.2, 0.25) is 0 Å². The lowest BCUT2D eigenvalue weighted by Crippen LogP contribution is -2.52. The Bertz CT molecular complexity index is 585. The predicted octanol–water partition coefficient (Wildman–Crippen LogP) is 2.91. The molecule has 0 aromatic heterocycles. The van der Waals surface area contributed by atoms with E-state index in [0.717, 1.165) is 24.1 Å². The number of benzene rings is 1. The van der Waals surface area contributed by atoms with Gasteiger partial charge >= 0.3 is 11.8 Å². The molecule has 1 aliphatic heterocycles. The Morgan fingerprint density at radius 2 is 1.77 bits per heavy atom. The summed E-state index contributed by atoms with van der Waals surface area (Å²) < 4.78 is 0. The van der Waals surface area contributed by atoms with Crippen molar-refractivity contribution in [2.24, 2.45) is 5.41 Å². The summed E-state index contributed by atoms with van der Waals surface area (Å²) in [4.78, 5) is 26.4. The number of carbonyl (C=O) groups is 2. The minimum atomic E-state index is -0.522. The highest BCUT2D eigenvalue weighted by Crippen LogP contribution is 2.29. The molecule has 1 N–H and O–H groups in total. The molecule has 1 heterocycles. The van der Waals surface area contributed by atoms with Gasteiger partial charge in [0.25, 0.3) is 0 Å². The highest BCUT2D eigenvalue weighted by Gasteiger charge is 2.33. The van der Waals surface area contributed by atoms with Crippen LogP contribution >= 0.6 is 0 Å². The molecule has 1 aliphatic rings. The maximum absolute atomic E-state index is 12.5. The van der Waals surface area contributed by atoms with Crippen LogP contribution in [0.4, 0.5) is 5.69 Å². The molecule has 1 aromatic rings. The molecule has 2 amide bonds. The Kier molecular flexibility index (Phi) is 4.32. The summed E-state index contributed by atoms with van der Waals surface area (Å²) in [6.07, 6.45) is 1.61. The molecule has 120 valence electrons. The summed E-state index contributed by atoms with van der Waals surface area (Å²) >= 11 is 0. The van der Waals surface area contributed by atoms with Gasteiger partial charge in [-0.2, -0.15) is 0 Å². The fourth-order valence-corrected chi connectivity index (χ4v) is 3.40. The highest BCUT2D eigenvalue weighted by atomic mass is 16.2. The first-order chi connectivity index (χ1) is 10.1. The van der Waals surface area contributed by atoms with Gasteiger partial charge in [-0.25, -0.2) is 0 Å². The molecule has 0 spiro atoms. The molecular weight excluding hydrogens is 276 g/mol. The second kappa shape index (κ2) is 5.75. The average Bonchev–Trinajstić information content (AvgIpc) is 2.77. The zero-order chi connectivity index (χ0) is 16.5. The molecule has 1 aromatic carbocycles. The van der Waals surface area contributed by atoms with Crippen molar-refractivity contribution < 1.29 is 9.59 Å². The van der Waals surface area contributed by atoms with Gasteiger partial charge in [0.2, 0.25) is 0 Å². The van der Waals surface area contributed by atoms with Crippen LogP contribution in [0, 0.1) is 5.41 Å². The third-order valence-corrected chi connectivity index (χ3v) is 3.75. The Balaban J connectivity index is 2.06. The van der Waals surface area contributed by atoms with Crippen molar-refractivity contribution in [3.8, 4) is 0 Å². The first kappa shape index (κ1) is 16.5. The van der Waals surface area contributed by atoms with Crippen LogP contribution in [-0.4, -0.2) is 23.9 Å². The van der Waals surface area contributed by atoms with Crippen molar-refractivity contribution in [2.45, 2.75) is 53.0 Å². The van der Waals surface area contributed by atoms with Crippen molar-refractivity contribution >= 4 is 17.5 Å². The normalized spacial score (nSPS) is 14.7. The first-order valence-electron chi connectivity index (χ1n) is 7.81. The van der Waals surface area contributed by atoms with E-state index >= 15 is 0 Å². The zero-order valence-corrected chi connectivity index (χ0v) is 14.2. The standard InChI is InChI=1S/C18H26N2O2/c1-17(2,3)12-18(4,5)19-15(21)16(22)20-11-10-13-8-6-7-9-14(13)20/h6-9H,10-12H2,1-5H3,(H,19,21). The summed E-state index contributed by atoms with van der Waals surface area (Å²) in [6, 6.07) is 7.75. The number of hydrogen-bond donors (Lipinski definition) is 1. The Labute approximate surface area is 132 Å². The van der Waals surface area contributed by atoms with Crippen LogP contribution in [0.3, 0.4) is 0 Å². The van der Waals surface area contributed by atoms with Gasteiger partial charge in [-0.3, -0.25) is 9.59 Å². The van der Waals surface area contributed by atoms with Crippen molar-refractivity contribution in [3.05, 3.63) is 29.8 Å². The van der Waals surface area contributed by atoms with Gasteiger partial charge in [-0.15, -0.1) is 0 Å². The number of para-hydroxylation sites is 1. The lowest BCUT2D eigenvalue weighted by Gasteiger charge is -2.33. The van der Waals surface area contributed by atoms with Gasteiger partial charge in [-0.05, 0) is 43.7 Å². The van der Waals surface area contributed by atoms with Crippen molar-refractivity contribution in [1.29, 1.82) is 0 Å². The summed E-state index contributed by atoms with van der Waals surface area (Å²) in [7, 11) is 0. The highest BCUT2D eigenvalue weighted by molar-refractivity contribution is 6.40. The van der Waals surface area contributed by atoms with E-state index in [0.29, 0.717) is 6.54 Å². The van der Waals surface area contributed by atoms with Crippen molar-refractivity contribution in [1.82, 2.24) is 5.32 Å². The molecule has 0 fully saturated rings. The second-order valence-electron chi connectivity index (χ2n) is 7.91. The van der Waals surface area contributed by atoms with Gasteiger partial charge < -0.3 is 10.2 Å². The molecule has 4 nitrogen and oxygen atoms in total. The Morgan fingerprint density at radius 1 is 1.14 bits per heavy atom. The molecule has 0 aliphatic carbocycles. The largest absolute Gasteiger partial charge is 0.343 e. The van der Waals surface area contributed by atoms with E-state index in [4.69, 9.17) is 0 Å². The van der Waals surface area contributed by atoms with Crippen LogP contribution < -0.4 is 10.2 Å². The van der Waals surface area contributed by atoms with Gasteiger partial charge in [-0.1, -0.05) is 39.0 Å². The van der Waals surface area contributed by atoms with E-state index in [1.807, 2.05) is 38.1 Å². The molecule has 0 radical (unpaired) electrons.